The predicted molar refractivity (Wildman–Crippen MR) is 96.7 cm³/mol. The Morgan fingerprint density at radius 3 is 2.96 bits per heavy atom. The summed E-state index contributed by atoms with van der Waals surface area (Å²) in [7, 11) is 0. The number of rotatable bonds is 5. The number of hydrogen-bond acceptors (Lipinski definition) is 4. The van der Waals surface area contributed by atoms with Gasteiger partial charge in [-0.25, -0.2) is 0 Å². The number of hydrogen-bond donors (Lipinski definition) is 1. The Balaban J connectivity index is 1.71. The van der Waals surface area contributed by atoms with Crippen molar-refractivity contribution in [2.24, 2.45) is 22.1 Å². The van der Waals surface area contributed by atoms with Crippen molar-refractivity contribution in [3.8, 4) is 0 Å². The van der Waals surface area contributed by atoms with E-state index in [1.807, 2.05) is 12.4 Å². The maximum Gasteiger partial charge on any atom is 0.0535 e. The SMILES string of the molecule is NCCN=C(c1ccsc1)C12C=CC=C(c3ccncc3)C1C2. The summed E-state index contributed by atoms with van der Waals surface area (Å²) in [6, 6.07) is 6.35. The van der Waals surface area contributed by atoms with Crippen LogP contribution < -0.4 is 5.73 Å². The van der Waals surface area contributed by atoms with E-state index in [9.17, 15) is 0 Å². The molecule has 4 heteroatoms. The van der Waals surface area contributed by atoms with Gasteiger partial charge in [-0.05, 0) is 46.5 Å². The zero-order chi connectivity index (χ0) is 15.7. The van der Waals surface area contributed by atoms with Gasteiger partial charge in [0.15, 0.2) is 0 Å². The molecule has 2 atom stereocenters. The molecule has 0 aliphatic heterocycles. The zero-order valence-electron chi connectivity index (χ0n) is 12.9. The number of thiophene rings is 1. The van der Waals surface area contributed by atoms with E-state index >= 15 is 0 Å². The highest BCUT2D eigenvalue weighted by Gasteiger charge is 2.58. The molecule has 0 amide bonds. The van der Waals surface area contributed by atoms with Gasteiger partial charge in [-0.15, -0.1) is 0 Å². The standard InChI is InChI=1S/C19H19N3S/c20-7-10-22-18(15-5-11-23-13-15)19-6-1-2-16(17(19)12-19)14-3-8-21-9-4-14/h1-6,8-9,11,13,17H,7,10,12,20H2. The molecule has 0 saturated heterocycles. The van der Waals surface area contributed by atoms with Gasteiger partial charge in [-0.2, -0.15) is 11.3 Å². The fraction of sp³-hybridized carbons (Fsp3) is 0.263. The first-order chi connectivity index (χ1) is 11.3. The number of nitrogens with zero attached hydrogens (tertiary/aromatic N) is 2. The van der Waals surface area contributed by atoms with E-state index < -0.39 is 0 Å². The van der Waals surface area contributed by atoms with E-state index in [-0.39, 0.29) is 5.41 Å². The molecule has 2 aromatic heterocycles. The minimum atomic E-state index is 0.0452. The lowest BCUT2D eigenvalue weighted by atomic mass is 9.85. The average molecular weight is 321 g/mol. The van der Waals surface area contributed by atoms with E-state index in [4.69, 9.17) is 10.7 Å². The molecule has 2 N–H and O–H groups in total. The molecule has 4 rings (SSSR count). The van der Waals surface area contributed by atoms with Crippen LogP contribution in [0.2, 0.25) is 0 Å². The topological polar surface area (TPSA) is 51.3 Å². The molecule has 116 valence electrons. The average Bonchev–Trinajstić information content (AvgIpc) is 3.11. The number of aliphatic imine (C=N–C) groups is 1. The molecule has 0 radical (unpaired) electrons. The van der Waals surface area contributed by atoms with Crippen LogP contribution in [0.1, 0.15) is 17.5 Å². The molecule has 2 aliphatic carbocycles. The molecule has 0 aromatic carbocycles. The summed E-state index contributed by atoms with van der Waals surface area (Å²) < 4.78 is 0. The lowest BCUT2D eigenvalue weighted by molar-refractivity contribution is 0.830. The summed E-state index contributed by atoms with van der Waals surface area (Å²) in [5.74, 6) is 0.506. The molecule has 2 aromatic rings. The fourth-order valence-electron chi connectivity index (χ4n) is 3.56. The number of pyridine rings is 1. The molecule has 23 heavy (non-hydrogen) atoms. The molecule has 0 spiro atoms. The van der Waals surface area contributed by atoms with E-state index in [1.165, 1.54) is 22.4 Å². The van der Waals surface area contributed by atoms with Gasteiger partial charge in [0.05, 0.1) is 12.3 Å². The molecular weight excluding hydrogens is 302 g/mol. The zero-order valence-corrected chi connectivity index (χ0v) is 13.7. The van der Waals surface area contributed by atoms with Crippen molar-refractivity contribution in [2.75, 3.05) is 13.1 Å². The van der Waals surface area contributed by atoms with E-state index in [2.05, 4.69) is 52.2 Å². The second-order valence-electron chi connectivity index (χ2n) is 6.05. The first-order valence-electron chi connectivity index (χ1n) is 7.92. The molecule has 3 nitrogen and oxygen atoms in total. The molecule has 2 heterocycles. The lowest BCUT2D eigenvalue weighted by Crippen LogP contribution is -2.20. The van der Waals surface area contributed by atoms with Crippen molar-refractivity contribution in [1.29, 1.82) is 0 Å². The van der Waals surface area contributed by atoms with Gasteiger partial charge in [0.1, 0.15) is 0 Å². The highest BCUT2D eigenvalue weighted by atomic mass is 32.1. The Bertz CT molecular complexity index is 774. The number of nitrogens with two attached hydrogens (primary N) is 1. The third kappa shape index (κ3) is 2.48. The second kappa shape index (κ2) is 5.87. The van der Waals surface area contributed by atoms with E-state index in [1.54, 1.807) is 11.3 Å². The summed E-state index contributed by atoms with van der Waals surface area (Å²) in [4.78, 5) is 8.99. The van der Waals surface area contributed by atoms with Gasteiger partial charge in [-0.1, -0.05) is 18.2 Å². The minimum Gasteiger partial charge on any atom is -0.329 e. The summed E-state index contributed by atoms with van der Waals surface area (Å²) in [5, 5.41) is 4.31. The Morgan fingerprint density at radius 2 is 2.22 bits per heavy atom. The molecular formula is C19H19N3S. The molecule has 0 bridgehead atoms. The van der Waals surface area contributed by atoms with Gasteiger partial charge >= 0.3 is 0 Å². The third-order valence-electron chi connectivity index (χ3n) is 4.70. The Morgan fingerprint density at radius 1 is 1.35 bits per heavy atom. The summed E-state index contributed by atoms with van der Waals surface area (Å²) >= 11 is 1.72. The largest absolute Gasteiger partial charge is 0.329 e. The number of fused-ring (bicyclic) bond motifs is 1. The van der Waals surface area contributed by atoms with Crippen molar-refractivity contribution in [3.05, 3.63) is 70.7 Å². The van der Waals surface area contributed by atoms with Crippen LogP contribution in [0.4, 0.5) is 0 Å². The Kier molecular flexibility index (Phi) is 3.71. The van der Waals surface area contributed by atoms with Crippen LogP contribution >= 0.6 is 11.3 Å². The smallest absolute Gasteiger partial charge is 0.0535 e. The maximum absolute atomic E-state index is 5.69. The molecule has 1 fully saturated rings. The summed E-state index contributed by atoms with van der Waals surface area (Å²) in [6.07, 6.45) is 11.6. The van der Waals surface area contributed by atoms with Crippen molar-refractivity contribution >= 4 is 22.6 Å². The fourth-order valence-corrected chi connectivity index (χ4v) is 4.20. The predicted octanol–water partition coefficient (Wildman–Crippen LogP) is 3.55. The van der Waals surface area contributed by atoms with Gasteiger partial charge in [0.25, 0.3) is 0 Å². The molecule has 2 aliphatic rings. The van der Waals surface area contributed by atoms with Crippen LogP contribution in [0, 0.1) is 11.3 Å². The van der Waals surface area contributed by atoms with Crippen LogP contribution in [0.15, 0.2) is 64.6 Å². The van der Waals surface area contributed by atoms with Gasteiger partial charge in [-0.3, -0.25) is 9.98 Å². The first kappa shape index (κ1) is 14.5. The summed E-state index contributed by atoms with van der Waals surface area (Å²) in [5.41, 5.74) is 10.8. The maximum atomic E-state index is 5.69. The normalized spacial score (nSPS) is 25.9. The van der Waals surface area contributed by atoms with Gasteiger partial charge in [0, 0.05) is 35.8 Å². The van der Waals surface area contributed by atoms with Crippen LogP contribution in [0.25, 0.3) is 5.57 Å². The van der Waals surface area contributed by atoms with Crippen LogP contribution in [-0.2, 0) is 0 Å². The van der Waals surface area contributed by atoms with Crippen molar-refractivity contribution < 1.29 is 0 Å². The van der Waals surface area contributed by atoms with Crippen molar-refractivity contribution in [3.63, 3.8) is 0 Å². The quantitative estimate of drug-likeness (QED) is 0.856. The third-order valence-corrected chi connectivity index (χ3v) is 5.38. The Hall–Kier alpha value is -2.04. The van der Waals surface area contributed by atoms with E-state index in [0.717, 1.165) is 6.42 Å². The summed E-state index contributed by atoms with van der Waals surface area (Å²) in [6.45, 7) is 1.27. The highest BCUT2D eigenvalue weighted by Crippen LogP contribution is 2.63. The van der Waals surface area contributed by atoms with Crippen LogP contribution in [-0.4, -0.2) is 23.8 Å². The molecule has 2 unspecified atom stereocenters. The number of aromatic nitrogens is 1. The lowest BCUT2D eigenvalue weighted by Gasteiger charge is -2.20. The number of allylic oxidation sites excluding steroid dienone is 4. The monoisotopic (exact) mass is 321 g/mol. The van der Waals surface area contributed by atoms with Crippen LogP contribution in [0.3, 0.4) is 0 Å². The van der Waals surface area contributed by atoms with Crippen molar-refractivity contribution in [1.82, 2.24) is 4.98 Å². The Labute approximate surface area is 140 Å². The second-order valence-corrected chi connectivity index (χ2v) is 6.83. The van der Waals surface area contributed by atoms with Gasteiger partial charge in [0.2, 0.25) is 0 Å². The minimum absolute atomic E-state index is 0.0452. The van der Waals surface area contributed by atoms with E-state index in [0.29, 0.717) is 19.0 Å². The highest BCUT2D eigenvalue weighted by molar-refractivity contribution is 7.08. The van der Waals surface area contributed by atoms with Crippen molar-refractivity contribution in [2.45, 2.75) is 6.42 Å². The first-order valence-corrected chi connectivity index (χ1v) is 8.87. The van der Waals surface area contributed by atoms with Gasteiger partial charge < -0.3 is 5.73 Å². The molecule has 1 saturated carbocycles. The van der Waals surface area contributed by atoms with Crippen LogP contribution in [0.5, 0.6) is 0 Å².